The fraction of sp³-hybridized carbons (Fsp3) is 0.444. The van der Waals surface area contributed by atoms with E-state index in [-0.39, 0.29) is 12.0 Å². The predicted octanol–water partition coefficient (Wildman–Crippen LogP) is 1.96. The van der Waals surface area contributed by atoms with Gasteiger partial charge in [-0.15, -0.1) is 0 Å². The molecule has 2 aromatic rings. The van der Waals surface area contributed by atoms with Crippen LogP contribution in [0.5, 0.6) is 0 Å². The van der Waals surface area contributed by atoms with Gasteiger partial charge in [0.15, 0.2) is 0 Å². The van der Waals surface area contributed by atoms with Gasteiger partial charge >= 0.3 is 6.09 Å². The van der Waals surface area contributed by atoms with Crippen molar-refractivity contribution >= 4 is 23.0 Å². The van der Waals surface area contributed by atoms with Crippen molar-refractivity contribution < 1.29 is 14.3 Å². The van der Waals surface area contributed by atoms with E-state index in [4.69, 9.17) is 4.74 Å². The molecule has 2 saturated heterocycles. The Morgan fingerprint density at radius 3 is 2.48 bits per heavy atom. The second kappa shape index (κ2) is 5.68. The van der Waals surface area contributed by atoms with Crippen LogP contribution in [0.25, 0.3) is 11.0 Å². The molecule has 130 valence electrons. The molecule has 1 N–H and O–H groups in total. The third-order valence-electron chi connectivity index (χ3n) is 5.15. The van der Waals surface area contributed by atoms with E-state index in [0.717, 1.165) is 22.4 Å². The normalized spacial score (nSPS) is 19.1. The number of ether oxygens (including phenoxy) is 1. The van der Waals surface area contributed by atoms with Crippen LogP contribution in [0.15, 0.2) is 18.2 Å². The van der Waals surface area contributed by atoms with Gasteiger partial charge in [-0.2, -0.15) is 0 Å². The maximum atomic E-state index is 12.8. The average molecular weight is 340 g/mol. The topological polar surface area (TPSA) is 84.4 Å². The lowest BCUT2D eigenvalue weighted by Crippen LogP contribution is -2.48. The summed E-state index contributed by atoms with van der Waals surface area (Å²) in [5.74, 6) is -0.0194. The van der Waals surface area contributed by atoms with Crippen LogP contribution in [-0.2, 0) is 4.74 Å². The quantitative estimate of drug-likeness (QED) is 0.858. The number of fused-ring (bicyclic) bond motifs is 1. The van der Waals surface area contributed by atoms with Crippen molar-refractivity contribution in [3.63, 3.8) is 0 Å². The minimum absolute atomic E-state index is 0.0194. The standard InChI is InChI=1S/C18H20N4O3/c1-11-12(2)21-15-9-13(3-4-14(15)20-11)16(23)22-7-5-18(6-8-22)10-19-17(24)25-18/h3-4,9H,5-8,10H2,1-2H3,(H,19,24). The first kappa shape index (κ1) is 15.8. The molecule has 1 aromatic carbocycles. The average Bonchev–Trinajstić information content (AvgIpc) is 2.96. The zero-order valence-corrected chi connectivity index (χ0v) is 14.3. The number of piperidine rings is 1. The highest BCUT2D eigenvalue weighted by atomic mass is 16.6. The SMILES string of the molecule is Cc1nc2ccc(C(=O)N3CCC4(CC3)CNC(=O)O4)cc2nc1C. The van der Waals surface area contributed by atoms with Gasteiger partial charge in [0, 0.05) is 31.5 Å². The predicted molar refractivity (Wildman–Crippen MR) is 91.4 cm³/mol. The number of carbonyl (C=O) groups is 2. The number of hydrogen-bond donors (Lipinski definition) is 1. The number of carbonyl (C=O) groups excluding carboxylic acids is 2. The summed E-state index contributed by atoms with van der Waals surface area (Å²) in [4.78, 5) is 35.0. The zero-order chi connectivity index (χ0) is 17.6. The van der Waals surface area contributed by atoms with Gasteiger partial charge in [-0.3, -0.25) is 4.79 Å². The number of hydrogen-bond acceptors (Lipinski definition) is 5. The first-order chi connectivity index (χ1) is 12.0. The number of likely N-dealkylation sites (tertiary alicyclic amines) is 1. The minimum atomic E-state index is -0.447. The molecule has 25 heavy (non-hydrogen) atoms. The highest BCUT2D eigenvalue weighted by molar-refractivity contribution is 5.97. The van der Waals surface area contributed by atoms with Crippen LogP contribution >= 0.6 is 0 Å². The van der Waals surface area contributed by atoms with Crippen molar-refractivity contribution in [2.75, 3.05) is 19.6 Å². The van der Waals surface area contributed by atoms with Crippen molar-refractivity contribution in [1.82, 2.24) is 20.2 Å². The number of nitrogens with zero attached hydrogens (tertiary/aromatic N) is 3. The van der Waals surface area contributed by atoms with Gasteiger partial charge in [-0.05, 0) is 32.0 Å². The van der Waals surface area contributed by atoms with E-state index in [1.807, 2.05) is 24.8 Å². The Hall–Kier alpha value is -2.70. The smallest absolute Gasteiger partial charge is 0.407 e. The molecule has 0 unspecified atom stereocenters. The fourth-order valence-corrected chi connectivity index (χ4v) is 3.44. The highest BCUT2D eigenvalue weighted by Crippen LogP contribution is 2.30. The maximum Gasteiger partial charge on any atom is 0.407 e. The molecular weight excluding hydrogens is 320 g/mol. The van der Waals surface area contributed by atoms with E-state index in [0.29, 0.717) is 38.0 Å². The first-order valence-corrected chi connectivity index (χ1v) is 8.47. The molecule has 1 aromatic heterocycles. The molecule has 4 rings (SSSR count). The molecule has 0 bridgehead atoms. The summed E-state index contributed by atoms with van der Waals surface area (Å²) >= 11 is 0. The summed E-state index contributed by atoms with van der Waals surface area (Å²) in [6, 6.07) is 5.45. The molecule has 7 heteroatoms. The molecule has 1 spiro atoms. The fourth-order valence-electron chi connectivity index (χ4n) is 3.44. The number of amides is 2. The highest BCUT2D eigenvalue weighted by Gasteiger charge is 2.43. The number of rotatable bonds is 1. The third kappa shape index (κ3) is 2.79. The second-order valence-electron chi connectivity index (χ2n) is 6.82. The van der Waals surface area contributed by atoms with Crippen molar-refractivity contribution in [1.29, 1.82) is 0 Å². The van der Waals surface area contributed by atoms with E-state index in [1.165, 1.54) is 0 Å². The number of aryl methyl sites for hydroxylation is 2. The molecule has 0 radical (unpaired) electrons. The van der Waals surface area contributed by atoms with Crippen LogP contribution in [0.4, 0.5) is 4.79 Å². The van der Waals surface area contributed by atoms with Crippen LogP contribution in [0.2, 0.25) is 0 Å². The van der Waals surface area contributed by atoms with Gasteiger partial charge in [0.05, 0.1) is 29.0 Å². The Labute approximate surface area is 145 Å². The van der Waals surface area contributed by atoms with E-state index < -0.39 is 5.60 Å². The van der Waals surface area contributed by atoms with Crippen molar-refractivity contribution in [2.45, 2.75) is 32.3 Å². The summed E-state index contributed by atoms with van der Waals surface area (Å²) in [7, 11) is 0. The Balaban J connectivity index is 1.52. The van der Waals surface area contributed by atoms with Gasteiger partial charge in [0.2, 0.25) is 0 Å². The lowest BCUT2D eigenvalue weighted by atomic mass is 9.91. The number of nitrogens with one attached hydrogen (secondary N) is 1. The summed E-state index contributed by atoms with van der Waals surface area (Å²) in [5.41, 5.74) is 3.46. The molecule has 7 nitrogen and oxygen atoms in total. The Morgan fingerprint density at radius 2 is 1.84 bits per heavy atom. The molecule has 0 aliphatic carbocycles. The van der Waals surface area contributed by atoms with Crippen LogP contribution in [0.1, 0.15) is 34.6 Å². The van der Waals surface area contributed by atoms with Crippen LogP contribution in [0.3, 0.4) is 0 Å². The molecule has 2 aliphatic rings. The molecular formula is C18H20N4O3. The Bertz CT molecular complexity index is 872. The Morgan fingerprint density at radius 1 is 1.16 bits per heavy atom. The number of aromatic nitrogens is 2. The minimum Gasteiger partial charge on any atom is -0.441 e. The Kier molecular flexibility index (Phi) is 3.59. The van der Waals surface area contributed by atoms with Gasteiger partial charge in [0.1, 0.15) is 5.60 Å². The van der Waals surface area contributed by atoms with Crippen LogP contribution in [-0.4, -0.2) is 52.1 Å². The van der Waals surface area contributed by atoms with Crippen LogP contribution in [0, 0.1) is 13.8 Å². The molecule has 3 heterocycles. The summed E-state index contributed by atoms with van der Waals surface area (Å²) in [6.07, 6.45) is 0.949. The van der Waals surface area contributed by atoms with Gasteiger partial charge < -0.3 is 15.0 Å². The summed E-state index contributed by atoms with van der Waals surface area (Å²) in [5, 5.41) is 2.71. The maximum absolute atomic E-state index is 12.8. The van der Waals surface area contributed by atoms with E-state index in [1.54, 1.807) is 12.1 Å². The molecule has 0 atom stereocenters. The molecule has 0 saturated carbocycles. The van der Waals surface area contributed by atoms with E-state index in [9.17, 15) is 9.59 Å². The number of alkyl carbamates (subject to hydrolysis) is 1. The largest absolute Gasteiger partial charge is 0.441 e. The van der Waals surface area contributed by atoms with Crippen molar-refractivity contribution in [3.05, 3.63) is 35.2 Å². The second-order valence-corrected chi connectivity index (χ2v) is 6.82. The van der Waals surface area contributed by atoms with Crippen LogP contribution < -0.4 is 5.32 Å². The zero-order valence-electron chi connectivity index (χ0n) is 14.3. The number of benzene rings is 1. The first-order valence-electron chi connectivity index (χ1n) is 8.47. The van der Waals surface area contributed by atoms with E-state index in [2.05, 4.69) is 15.3 Å². The lowest BCUT2D eigenvalue weighted by Gasteiger charge is -2.37. The van der Waals surface area contributed by atoms with Gasteiger partial charge in [-0.1, -0.05) is 0 Å². The molecule has 2 fully saturated rings. The summed E-state index contributed by atoms with van der Waals surface area (Å²) < 4.78 is 5.40. The van der Waals surface area contributed by atoms with Gasteiger partial charge in [-0.25, -0.2) is 14.8 Å². The van der Waals surface area contributed by atoms with Crippen molar-refractivity contribution in [2.24, 2.45) is 0 Å². The van der Waals surface area contributed by atoms with Crippen molar-refractivity contribution in [3.8, 4) is 0 Å². The third-order valence-corrected chi connectivity index (χ3v) is 5.15. The van der Waals surface area contributed by atoms with E-state index >= 15 is 0 Å². The summed E-state index contributed by atoms with van der Waals surface area (Å²) in [6.45, 7) is 5.51. The monoisotopic (exact) mass is 340 g/mol. The lowest BCUT2D eigenvalue weighted by molar-refractivity contribution is 0.00331. The molecule has 2 aliphatic heterocycles. The molecule has 2 amide bonds. The van der Waals surface area contributed by atoms with Gasteiger partial charge in [0.25, 0.3) is 5.91 Å².